The Morgan fingerprint density at radius 1 is 0.906 bits per heavy atom. The van der Waals surface area contributed by atoms with Crippen molar-refractivity contribution in [3.8, 4) is 11.1 Å². The number of nitrogens with zero attached hydrogens (tertiary/aromatic N) is 1. The van der Waals surface area contributed by atoms with Crippen molar-refractivity contribution in [2.45, 2.75) is 18.8 Å². The minimum Gasteiger partial charge on any atom is -0.478 e. The molecule has 4 rings (SSSR count). The maximum Gasteiger partial charge on any atom is 0.328 e. The van der Waals surface area contributed by atoms with E-state index in [1.54, 1.807) is 12.1 Å². The summed E-state index contributed by atoms with van der Waals surface area (Å²) < 4.78 is 13.4. The number of hydrogen-bond donors (Lipinski definition) is 2. The molecule has 0 aromatic heterocycles. The molecule has 3 aromatic rings. The number of fused-ring (bicyclic) bond motifs is 1. The van der Waals surface area contributed by atoms with Crippen molar-refractivity contribution < 1.29 is 24.2 Å². The molecule has 0 saturated carbocycles. The fourth-order valence-electron chi connectivity index (χ4n) is 4.03. The minimum atomic E-state index is -1.26. The Labute approximate surface area is 186 Å². The Morgan fingerprint density at radius 3 is 2.09 bits per heavy atom. The summed E-state index contributed by atoms with van der Waals surface area (Å²) >= 11 is 0. The molecule has 0 amide bonds. The van der Waals surface area contributed by atoms with E-state index in [0.29, 0.717) is 18.1 Å². The number of benzene rings is 3. The van der Waals surface area contributed by atoms with Gasteiger partial charge in [-0.05, 0) is 78.5 Å². The number of carboxylic acids is 2. The molecule has 0 aliphatic carbocycles. The van der Waals surface area contributed by atoms with E-state index in [9.17, 15) is 14.0 Å². The molecule has 1 aliphatic rings. The average molecular weight is 435 g/mol. The Bertz CT molecular complexity index is 1100. The molecule has 6 heteroatoms. The smallest absolute Gasteiger partial charge is 0.328 e. The van der Waals surface area contributed by atoms with Crippen molar-refractivity contribution in [3.63, 3.8) is 0 Å². The molecule has 0 bridgehead atoms. The van der Waals surface area contributed by atoms with Crippen LogP contribution in [0, 0.1) is 5.82 Å². The molecule has 0 unspecified atom stereocenters. The number of aliphatic carboxylic acids is 2. The summed E-state index contributed by atoms with van der Waals surface area (Å²) in [6.07, 6.45) is 3.48. The second kappa shape index (κ2) is 10.7. The maximum atomic E-state index is 13.4. The number of piperidine rings is 1. The van der Waals surface area contributed by atoms with Crippen LogP contribution in [-0.2, 0) is 9.59 Å². The van der Waals surface area contributed by atoms with Crippen molar-refractivity contribution in [1.82, 2.24) is 4.90 Å². The van der Waals surface area contributed by atoms with Crippen LogP contribution in [0.25, 0.3) is 21.9 Å². The van der Waals surface area contributed by atoms with E-state index >= 15 is 0 Å². The molecule has 1 heterocycles. The Morgan fingerprint density at radius 2 is 1.50 bits per heavy atom. The highest BCUT2D eigenvalue weighted by Crippen LogP contribution is 2.39. The van der Waals surface area contributed by atoms with Gasteiger partial charge in [-0.3, -0.25) is 0 Å². The normalized spacial score (nSPS) is 14.8. The van der Waals surface area contributed by atoms with Gasteiger partial charge in [0.1, 0.15) is 5.82 Å². The molecule has 1 fully saturated rings. The summed E-state index contributed by atoms with van der Waals surface area (Å²) in [5.74, 6) is -2.12. The zero-order chi connectivity index (χ0) is 23.1. The van der Waals surface area contributed by atoms with Gasteiger partial charge in [-0.15, -0.1) is 0 Å². The van der Waals surface area contributed by atoms with Crippen molar-refractivity contribution in [3.05, 3.63) is 84.2 Å². The predicted octanol–water partition coefficient (Wildman–Crippen LogP) is 5.17. The zero-order valence-electron chi connectivity index (χ0n) is 17.9. The Balaban J connectivity index is 0.000000312. The lowest BCUT2D eigenvalue weighted by molar-refractivity contribution is -0.134. The summed E-state index contributed by atoms with van der Waals surface area (Å²) in [5.41, 5.74) is 3.80. The van der Waals surface area contributed by atoms with Gasteiger partial charge in [-0.1, -0.05) is 48.5 Å². The number of hydrogen-bond acceptors (Lipinski definition) is 3. The first-order valence-electron chi connectivity index (χ1n) is 10.4. The van der Waals surface area contributed by atoms with Crippen LogP contribution in [0.2, 0.25) is 0 Å². The number of carboxylic acid groups (broad SMARTS) is 2. The SMILES string of the molecule is CN1CCC(c2ccc3ccccc3c2-c2ccc(F)cc2)CC1.O=C(O)C=CC(=O)O. The Hall–Kier alpha value is -3.51. The molecule has 166 valence electrons. The lowest BCUT2D eigenvalue weighted by Gasteiger charge is -2.31. The van der Waals surface area contributed by atoms with E-state index in [-0.39, 0.29) is 5.82 Å². The highest BCUT2D eigenvalue weighted by Gasteiger charge is 2.22. The topological polar surface area (TPSA) is 77.8 Å². The summed E-state index contributed by atoms with van der Waals surface area (Å²) in [6.45, 7) is 2.28. The largest absolute Gasteiger partial charge is 0.478 e. The molecule has 2 N–H and O–H groups in total. The molecule has 0 atom stereocenters. The van der Waals surface area contributed by atoms with Gasteiger partial charge < -0.3 is 15.1 Å². The van der Waals surface area contributed by atoms with Gasteiger partial charge in [0.25, 0.3) is 0 Å². The van der Waals surface area contributed by atoms with Crippen LogP contribution in [0.4, 0.5) is 4.39 Å². The van der Waals surface area contributed by atoms with Crippen LogP contribution in [0.1, 0.15) is 24.3 Å². The quantitative estimate of drug-likeness (QED) is 0.553. The second-order valence-electron chi connectivity index (χ2n) is 7.85. The Kier molecular flexibility index (Phi) is 7.73. The average Bonchev–Trinajstić information content (AvgIpc) is 2.79. The second-order valence-corrected chi connectivity index (χ2v) is 7.85. The van der Waals surface area contributed by atoms with Crippen LogP contribution >= 0.6 is 0 Å². The molecule has 0 radical (unpaired) electrons. The molecule has 1 saturated heterocycles. The summed E-state index contributed by atoms with van der Waals surface area (Å²) in [5, 5.41) is 18.1. The number of halogens is 1. The van der Waals surface area contributed by atoms with E-state index in [4.69, 9.17) is 10.2 Å². The lowest BCUT2D eigenvalue weighted by atomic mass is 9.82. The van der Waals surface area contributed by atoms with Gasteiger partial charge in [0.05, 0.1) is 0 Å². The van der Waals surface area contributed by atoms with Gasteiger partial charge in [-0.2, -0.15) is 0 Å². The van der Waals surface area contributed by atoms with Gasteiger partial charge in [-0.25, -0.2) is 14.0 Å². The number of carbonyl (C=O) groups is 2. The van der Waals surface area contributed by atoms with Gasteiger partial charge in [0.15, 0.2) is 0 Å². The fourth-order valence-corrected chi connectivity index (χ4v) is 4.03. The van der Waals surface area contributed by atoms with Crippen LogP contribution < -0.4 is 0 Å². The van der Waals surface area contributed by atoms with Crippen molar-refractivity contribution in [1.29, 1.82) is 0 Å². The third-order valence-electron chi connectivity index (χ3n) is 5.62. The van der Waals surface area contributed by atoms with Crippen molar-refractivity contribution in [2.24, 2.45) is 0 Å². The first-order chi connectivity index (χ1) is 15.3. The van der Waals surface area contributed by atoms with Gasteiger partial charge in [0, 0.05) is 12.2 Å². The molecule has 3 aromatic carbocycles. The molecule has 0 spiro atoms. The van der Waals surface area contributed by atoms with Gasteiger partial charge in [0.2, 0.25) is 0 Å². The summed E-state index contributed by atoms with van der Waals surface area (Å²) in [6, 6.07) is 20.0. The van der Waals surface area contributed by atoms with Gasteiger partial charge >= 0.3 is 11.9 Å². The number of rotatable bonds is 4. The van der Waals surface area contributed by atoms with E-state index in [1.807, 2.05) is 12.1 Å². The van der Waals surface area contributed by atoms with Crippen LogP contribution in [0.15, 0.2) is 72.8 Å². The van der Waals surface area contributed by atoms with Crippen LogP contribution in [-0.4, -0.2) is 47.2 Å². The third kappa shape index (κ3) is 6.02. The summed E-state index contributed by atoms with van der Waals surface area (Å²) in [4.78, 5) is 21.5. The van der Waals surface area contributed by atoms with E-state index in [1.165, 1.54) is 34.7 Å². The molecule has 1 aliphatic heterocycles. The molecular weight excluding hydrogens is 409 g/mol. The predicted molar refractivity (Wildman–Crippen MR) is 123 cm³/mol. The first kappa shape index (κ1) is 23.2. The van der Waals surface area contributed by atoms with Crippen molar-refractivity contribution >= 4 is 22.7 Å². The van der Waals surface area contributed by atoms with Crippen LogP contribution in [0.3, 0.4) is 0 Å². The zero-order valence-corrected chi connectivity index (χ0v) is 17.9. The fraction of sp³-hybridized carbons (Fsp3) is 0.231. The molecular formula is C26H26FNO4. The van der Waals surface area contributed by atoms with E-state index in [0.717, 1.165) is 18.7 Å². The molecule has 5 nitrogen and oxygen atoms in total. The van der Waals surface area contributed by atoms with Crippen LogP contribution in [0.5, 0.6) is 0 Å². The first-order valence-corrected chi connectivity index (χ1v) is 10.4. The minimum absolute atomic E-state index is 0.181. The van der Waals surface area contributed by atoms with Crippen molar-refractivity contribution in [2.75, 3.05) is 20.1 Å². The third-order valence-corrected chi connectivity index (χ3v) is 5.62. The monoisotopic (exact) mass is 435 g/mol. The molecule has 32 heavy (non-hydrogen) atoms. The standard InChI is InChI=1S/C22H22FN.C4H4O4/c1-24-14-12-17(13-15-24)21-11-8-16-4-2-3-5-20(16)22(21)18-6-9-19(23)10-7-18;5-3(6)1-2-4(7)8/h2-11,17H,12-15H2,1H3;1-2H,(H,5,6)(H,7,8). The summed E-state index contributed by atoms with van der Waals surface area (Å²) in [7, 11) is 2.19. The number of likely N-dealkylation sites (tertiary alicyclic amines) is 1. The lowest BCUT2D eigenvalue weighted by Crippen LogP contribution is -2.29. The van der Waals surface area contributed by atoms with E-state index in [2.05, 4.69) is 48.3 Å². The highest BCUT2D eigenvalue weighted by atomic mass is 19.1. The highest BCUT2D eigenvalue weighted by molar-refractivity contribution is 5.98. The van der Waals surface area contributed by atoms with E-state index < -0.39 is 11.9 Å². The maximum absolute atomic E-state index is 13.4.